The molecule has 1 amide bonds. The van der Waals surface area contributed by atoms with Gasteiger partial charge in [0.15, 0.2) is 0 Å². The van der Waals surface area contributed by atoms with E-state index in [0.717, 1.165) is 0 Å². The number of nitro benzene ring substituents is 1. The number of rotatable bonds is 3. The lowest BCUT2D eigenvalue weighted by atomic mass is 9.95. The van der Waals surface area contributed by atoms with E-state index < -0.39 is 28.4 Å². The molecule has 0 saturated carbocycles. The molecule has 1 aliphatic rings. The van der Waals surface area contributed by atoms with Crippen molar-refractivity contribution in [3.05, 3.63) is 80.4 Å². The van der Waals surface area contributed by atoms with Crippen molar-refractivity contribution in [2.24, 2.45) is 0 Å². The Kier molecular flexibility index (Phi) is 4.24. The van der Waals surface area contributed by atoms with Gasteiger partial charge in [0, 0.05) is 16.7 Å². The van der Waals surface area contributed by atoms with Gasteiger partial charge in [-0.1, -0.05) is 23.7 Å². The van der Waals surface area contributed by atoms with Crippen LogP contribution in [-0.4, -0.2) is 21.7 Å². The molecule has 0 aromatic heterocycles. The van der Waals surface area contributed by atoms with Gasteiger partial charge in [0.1, 0.15) is 5.76 Å². The number of aliphatic hydroxyl groups excluding tert-OH is 1. The third kappa shape index (κ3) is 2.97. The Balaban J connectivity index is 2.18. The molecule has 0 spiro atoms. The number of aliphatic hydroxyl groups is 1. The molecule has 1 atom stereocenters. The van der Waals surface area contributed by atoms with Crippen molar-refractivity contribution in [1.29, 1.82) is 0 Å². The molecule has 126 valence electrons. The lowest BCUT2D eigenvalue weighted by Crippen LogP contribution is -2.21. The minimum Gasteiger partial charge on any atom is -0.507 e. The first-order valence-corrected chi connectivity index (χ1v) is 7.55. The van der Waals surface area contributed by atoms with Crippen LogP contribution in [0.25, 0.3) is 5.76 Å². The number of nitrogens with one attached hydrogen (secondary N) is 1. The van der Waals surface area contributed by atoms with Gasteiger partial charge in [-0.05, 0) is 30.3 Å². The molecule has 2 N–H and O–H groups in total. The van der Waals surface area contributed by atoms with Gasteiger partial charge in [-0.3, -0.25) is 19.7 Å². The standard InChI is InChI=1S/C17H11ClN2O5/c18-10-7-5-9(6-8-10)15(21)13-14(19-17(23)16(13)22)11-3-1-2-4-12(11)20(24)25/h1-8,14,21H,(H,19,23)/b15-13+/t14-/m0/s1. The van der Waals surface area contributed by atoms with Crippen LogP contribution in [0.5, 0.6) is 0 Å². The summed E-state index contributed by atoms with van der Waals surface area (Å²) in [4.78, 5) is 34.7. The van der Waals surface area contributed by atoms with Crippen LogP contribution in [0.2, 0.25) is 5.02 Å². The quantitative estimate of drug-likeness (QED) is 0.288. The molecule has 7 nitrogen and oxygen atoms in total. The molecule has 25 heavy (non-hydrogen) atoms. The Labute approximate surface area is 146 Å². The monoisotopic (exact) mass is 358 g/mol. The molecule has 0 aliphatic carbocycles. The van der Waals surface area contributed by atoms with Crippen molar-refractivity contribution in [3.8, 4) is 0 Å². The second kappa shape index (κ2) is 6.37. The van der Waals surface area contributed by atoms with Crippen molar-refractivity contribution in [3.63, 3.8) is 0 Å². The van der Waals surface area contributed by atoms with Gasteiger partial charge >= 0.3 is 0 Å². The van der Waals surface area contributed by atoms with Gasteiger partial charge in [-0.2, -0.15) is 0 Å². The summed E-state index contributed by atoms with van der Waals surface area (Å²) in [6.45, 7) is 0. The summed E-state index contributed by atoms with van der Waals surface area (Å²) in [7, 11) is 0. The van der Waals surface area contributed by atoms with Crippen molar-refractivity contribution in [1.82, 2.24) is 5.32 Å². The van der Waals surface area contributed by atoms with Crippen LogP contribution in [0.4, 0.5) is 5.69 Å². The Morgan fingerprint density at radius 1 is 1.12 bits per heavy atom. The van der Waals surface area contributed by atoms with Gasteiger partial charge in [0.2, 0.25) is 0 Å². The fraction of sp³-hybridized carbons (Fsp3) is 0.0588. The molecular formula is C17H11ClN2O5. The minimum absolute atomic E-state index is 0.113. The molecular weight excluding hydrogens is 348 g/mol. The summed E-state index contributed by atoms with van der Waals surface area (Å²) in [5, 5.41) is 24.6. The molecule has 1 heterocycles. The zero-order valence-electron chi connectivity index (χ0n) is 12.6. The topological polar surface area (TPSA) is 110 Å². The fourth-order valence-electron chi connectivity index (χ4n) is 2.66. The number of ketones is 1. The third-order valence-electron chi connectivity index (χ3n) is 3.83. The first-order valence-electron chi connectivity index (χ1n) is 7.17. The van der Waals surface area contributed by atoms with Gasteiger partial charge in [0.05, 0.1) is 22.1 Å². The Bertz CT molecular complexity index is 921. The zero-order chi connectivity index (χ0) is 18.1. The number of nitrogens with zero attached hydrogens (tertiary/aromatic N) is 1. The maximum absolute atomic E-state index is 12.2. The predicted octanol–water partition coefficient (Wildman–Crippen LogP) is 2.96. The number of carbonyl (C=O) groups is 2. The number of hydrogen-bond donors (Lipinski definition) is 2. The normalized spacial score (nSPS) is 18.8. The van der Waals surface area contributed by atoms with Crippen LogP contribution in [0, 0.1) is 10.1 Å². The summed E-state index contributed by atoms with van der Waals surface area (Å²) in [6.07, 6.45) is 0. The zero-order valence-corrected chi connectivity index (χ0v) is 13.4. The van der Waals surface area contributed by atoms with Crippen molar-refractivity contribution >= 4 is 34.7 Å². The number of para-hydroxylation sites is 1. The second-order valence-electron chi connectivity index (χ2n) is 5.32. The maximum atomic E-state index is 12.2. The number of nitro groups is 1. The highest BCUT2D eigenvalue weighted by atomic mass is 35.5. The molecule has 2 aromatic rings. The summed E-state index contributed by atoms with van der Waals surface area (Å²) in [5.41, 5.74) is -0.111. The van der Waals surface area contributed by atoms with E-state index in [9.17, 15) is 24.8 Å². The van der Waals surface area contributed by atoms with E-state index in [1.165, 1.54) is 42.5 Å². The molecule has 2 aromatic carbocycles. The average Bonchev–Trinajstić information content (AvgIpc) is 2.90. The lowest BCUT2D eigenvalue weighted by Gasteiger charge is -2.13. The van der Waals surface area contributed by atoms with Gasteiger partial charge in [0.25, 0.3) is 17.4 Å². The van der Waals surface area contributed by atoms with E-state index in [1.54, 1.807) is 6.07 Å². The third-order valence-corrected chi connectivity index (χ3v) is 4.08. The predicted molar refractivity (Wildman–Crippen MR) is 90.0 cm³/mol. The molecule has 3 rings (SSSR count). The summed E-state index contributed by atoms with van der Waals surface area (Å²) in [5.74, 6) is -2.29. The fourth-order valence-corrected chi connectivity index (χ4v) is 2.79. The van der Waals surface area contributed by atoms with Gasteiger partial charge in [-0.15, -0.1) is 0 Å². The highest BCUT2D eigenvalue weighted by Gasteiger charge is 2.42. The first-order chi connectivity index (χ1) is 11.9. The molecule has 8 heteroatoms. The van der Waals surface area contributed by atoms with Crippen LogP contribution in [0.1, 0.15) is 17.2 Å². The molecule has 0 bridgehead atoms. The summed E-state index contributed by atoms with van der Waals surface area (Å²) in [6, 6.07) is 10.6. The number of hydrogen-bond acceptors (Lipinski definition) is 5. The van der Waals surface area contributed by atoms with Gasteiger partial charge in [-0.25, -0.2) is 0 Å². The smallest absolute Gasteiger partial charge is 0.293 e. The van der Waals surface area contributed by atoms with E-state index in [-0.39, 0.29) is 22.4 Å². The van der Waals surface area contributed by atoms with E-state index >= 15 is 0 Å². The average molecular weight is 359 g/mol. The number of halogens is 1. The van der Waals surface area contributed by atoms with E-state index in [2.05, 4.69) is 5.32 Å². The maximum Gasteiger partial charge on any atom is 0.293 e. The highest BCUT2D eigenvalue weighted by molar-refractivity contribution is 6.46. The lowest BCUT2D eigenvalue weighted by molar-refractivity contribution is -0.385. The molecule has 1 saturated heterocycles. The van der Waals surface area contributed by atoms with Crippen LogP contribution in [0.15, 0.2) is 54.1 Å². The summed E-state index contributed by atoms with van der Waals surface area (Å²) < 4.78 is 0. The first kappa shape index (κ1) is 16.7. The SMILES string of the molecule is O=C1N[C@@H](c2ccccc2[N+](=O)[O-])/C(=C(\O)c2ccc(Cl)cc2)C1=O. The Hall–Kier alpha value is -3.19. The van der Waals surface area contributed by atoms with Crippen molar-refractivity contribution in [2.45, 2.75) is 6.04 Å². The van der Waals surface area contributed by atoms with Crippen LogP contribution < -0.4 is 5.32 Å². The number of Topliss-reactive ketones (excluding diaryl/α,β-unsaturated/α-hetero) is 1. The van der Waals surface area contributed by atoms with E-state index in [0.29, 0.717) is 5.02 Å². The largest absolute Gasteiger partial charge is 0.507 e. The number of carbonyl (C=O) groups excluding carboxylic acids is 2. The van der Waals surface area contributed by atoms with Crippen molar-refractivity contribution in [2.75, 3.05) is 0 Å². The summed E-state index contributed by atoms with van der Waals surface area (Å²) >= 11 is 5.80. The van der Waals surface area contributed by atoms with E-state index in [4.69, 9.17) is 11.6 Å². The Morgan fingerprint density at radius 2 is 1.76 bits per heavy atom. The van der Waals surface area contributed by atoms with Crippen LogP contribution in [-0.2, 0) is 9.59 Å². The molecule has 0 unspecified atom stereocenters. The number of amides is 1. The highest BCUT2D eigenvalue weighted by Crippen LogP contribution is 2.36. The minimum atomic E-state index is -1.11. The van der Waals surface area contributed by atoms with Gasteiger partial charge < -0.3 is 10.4 Å². The van der Waals surface area contributed by atoms with Crippen molar-refractivity contribution < 1.29 is 19.6 Å². The molecule has 0 radical (unpaired) electrons. The second-order valence-corrected chi connectivity index (χ2v) is 5.76. The number of benzene rings is 2. The molecule has 1 fully saturated rings. The molecule has 1 aliphatic heterocycles. The Morgan fingerprint density at radius 3 is 2.40 bits per heavy atom. The van der Waals surface area contributed by atoms with Crippen LogP contribution in [0.3, 0.4) is 0 Å². The van der Waals surface area contributed by atoms with E-state index in [1.807, 2.05) is 0 Å². The van der Waals surface area contributed by atoms with Crippen LogP contribution >= 0.6 is 11.6 Å².